The summed E-state index contributed by atoms with van der Waals surface area (Å²) >= 11 is 0. The fourth-order valence-corrected chi connectivity index (χ4v) is 12.5. The van der Waals surface area contributed by atoms with Crippen LogP contribution in [0.25, 0.3) is 0 Å². The molecule has 1 aliphatic carbocycles. The first-order valence-electron chi connectivity index (χ1n) is 17.4. The molecule has 0 amide bonds. The molecule has 0 spiro atoms. The van der Waals surface area contributed by atoms with E-state index < -0.39 is 22.0 Å². The summed E-state index contributed by atoms with van der Waals surface area (Å²) in [5, 5.41) is 2.38. The Morgan fingerprint density at radius 3 is 1.83 bits per heavy atom. The van der Waals surface area contributed by atoms with Crippen LogP contribution in [0.5, 0.6) is 0 Å². The lowest BCUT2D eigenvalue weighted by molar-refractivity contribution is -0.159. The van der Waals surface area contributed by atoms with Crippen molar-refractivity contribution in [1.29, 1.82) is 0 Å². The van der Waals surface area contributed by atoms with Gasteiger partial charge in [-0.05, 0) is 92.5 Å². The number of allylic oxidation sites excluding steroid dienone is 1. The maximum atomic E-state index is 13.2. The van der Waals surface area contributed by atoms with E-state index in [1.807, 2.05) is 20.8 Å². The van der Waals surface area contributed by atoms with Crippen LogP contribution in [0.15, 0.2) is 71.8 Å². The summed E-state index contributed by atoms with van der Waals surface area (Å²) in [5.74, 6) is -0.303. The van der Waals surface area contributed by atoms with Crippen LogP contribution in [0.2, 0.25) is 23.2 Å². The predicted octanol–water partition coefficient (Wildman–Crippen LogP) is 8.87. The highest BCUT2D eigenvalue weighted by Gasteiger charge is 2.52. The number of esters is 1. The molecule has 0 fully saturated rings. The van der Waals surface area contributed by atoms with Crippen molar-refractivity contribution in [3.63, 3.8) is 0 Å². The standard InChI is InChI=1S/C40H62O5Si2/c1-31-32(28-41)24-26-40(30-43-36(42)37(2,3)4,25-19-27-44-46(11,12)38(5,6)7)35(31)29-45-47(39(8,9)10,33-20-15-13-16-21-33)34-22-17-14-18-23-34/h13-18,20-23,28,35H,19,24-27,29-30H2,1-12H3/t35-,40+/m0/s1. The highest BCUT2D eigenvalue weighted by atomic mass is 28.4. The quantitative estimate of drug-likeness (QED) is 0.0917. The van der Waals surface area contributed by atoms with E-state index in [2.05, 4.69) is 122 Å². The van der Waals surface area contributed by atoms with Crippen LogP contribution in [0.1, 0.15) is 94.9 Å². The van der Waals surface area contributed by atoms with E-state index in [1.54, 1.807) is 0 Å². The van der Waals surface area contributed by atoms with Crippen molar-refractivity contribution in [2.24, 2.45) is 16.7 Å². The molecule has 0 aliphatic heterocycles. The minimum atomic E-state index is -2.85. The molecule has 0 heterocycles. The second-order valence-corrected chi connectivity index (χ2v) is 26.4. The number of rotatable bonds is 13. The third-order valence-electron chi connectivity index (χ3n) is 10.9. The lowest BCUT2D eigenvalue weighted by atomic mass is 9.62. The Kier molecular flexibility index (Phi) is 12.5. The summed E-state index contributed by atoms with van der Waals surface area (Å²) in [5.41, 5.74) is 0.901. The summed E-state index contributed by atoms with van der Waals surface area (Å²) in [6.07, 6.45) is 4.11. The van der Waals surface area contributed by atoms with Crippen LogP contribution < -0.4 is 10.4 Å². The number of aldehydes is 1. The highest BCUT2D eigenvalue weighted by Crippen LogP contribution is 2.49. The molecule has 7 heteroatoms. The van der Waals surface area contributed by atoms with Crippen LogP contribution in [-0.4, -0.2) is 48.7 Å². The van der Waals surface area contributed by atoms with Gasteiger partial charge < -0.3 is 13.6 Å². The number of carbonyl (C=O) groups is 2. The Hall–Kier alpha value is -2.33. The predicted molar refractivity (Wildman–Crippen MR) is 200 cm³/mol. The third kappa shape index (κ3) is 8.83. The normalized spacial score (nSPS) is 19.9. The van der Waals surface area contributed by atoms with Gasteiger partial charge in [0.2, 0.25) is 0 Å². The number of benzene rings is 2. The molecule has 3 rings (SSSR count). The van der Waals surface area contributed by atoms with Gasteiger partial charge in [-0.3, -0.25) is 9.59 Å². The first kappa shape index (κ1) is 39.1. The van der Waals surface area contributed by atoms with Gasteiger partial charge in [-0.2, -0.15) is 0 Å². The topological polar surface area (TPSA) is 61.8 Å². The van der Waals surface area contributed by atoms with Crippen molar-refractivity contribution in [3.05, 3.63) is 71.8 Å². The van der Waals surface area contributed by atoms with Gasteiger partial charge in [-0.25, -0.2) is 0 Å². The molecule has 2 aromatic rings. The zero-order chi connectivity index (χ0) is 35.3. The zero-order valence-electron chi connectivity index (χ0n) is 31.4. The molecule has 0 N–H and O–H groups in total. The maximum Gasteiger partial charge on any atom is 0.311 e. The van der Waals surface area contributed by atoms with Gasteiger partial charge in [0.25, 0.3) is 8.32 Å². The molecular weight excluding hydrogens is 617 g/mol. The van der Waals surface area contributed by atoms with Crippen LogP contribution in [-0.2, 0) is 23.2 Å². The van der Waals surface area contributed by atoms with Gasteiger partial charge >= 0.3 is 5.97 Å². The van der Waals surface area contributed by atoms with Crippen molar-refractivity contribution in [1.82, 2.24) is 0 Å². The van der Waals surface area contributed by atoms with E-state index >= 15 is 0 Å². The maximum absolute atomic E-state index is 13.2. The van der Waals surface area contributed by atoms with Crippen LogP contribution in [0.3, 0.4) is 0 Å². The second kappa shape index (κ2) is 15.1. The average Bonchev–Trinajstić information content (AvgIpc) is 2.99. The zero-order valence-corrected chi connectivity index (χ0v) is 33.4. The second-order valence-electron chi connectivity index (χ2n) is 17.3. The molecule has 1 aliphatic rings. The lowest BCUT2D eigenvalue weighted by Gasteiger charge is -2.48. The van der Waals surface area contributed by atoms with Crippen molar-refractivity contribution in [2.75, 3.05) is 19.8 Å². The Balaban J connectivity index is 2.10. The fraction of sp³-hybridized carbons (Fsp3) is 0.600. The van der Waals surface area contributed by atoms with Crippen molar-refractivity contribution in [2.45, 2.75) is 118 Å². The van der Waals surface area contributed by atoms with E-state index in [0.29, 0.717) is 26.2 Å². The van der Waals surface area contributed by atoms with Crippen molar-refractivity contribution >= 4 is 39.3 Å². The van der Waals surface area contributed by atoms with Gasteiger partial charge in [0.05, 0.1) is 12.0 Å². The van der Waals surface area contributed by atoms with E-state index in [0.717, 1.165) is 36.7 Å². The Morgan fingerprint density at radius 2 is 1.38 bits per heavy atom. The summed E-state index contributed by atoms with van der Waals surface area (Å²) in [6, 6.07) is 21.4. The van der Waals surface area contributed by atoms with E-state index in [-0.39, 0.29) is 27.4 Å². The minimum absolute atomic E-state index is 0.0984. The van der Waals surface area contributed by atoms with Crippen LogP contribution in [0, 0.1) is 16.7 Å². The number of hydrogen-bond acceptors (Lipinski definition) is 5. The molecule has 47 heavy (non-hydrogen) atoms. The molecule has 5 nitrogen and oxygen atoms in total. The number of carbonyl (C=O) groups excluding carboxylic acids is 2. The molecular formula is C40H62O5Si2. The van der Waals surface area contributed by atoms with Crippen LogP contribution >= 0.6 is 0 Å². The van der Waals surface area contributed by atoms with Gasteiger partial charge in [0.1, 0.15) is 6.29 Å². The lowest BCUT2D eigenvalue weighted by Crippen LogP contribution is -2.67. The monoisotopic (exact) mass is 678 g/mol. The van der Waals surface area contributed by atoms with Crippen molar-refractivity contribution < 1.29 is 23.2 Å². The summed E-state index contributed by atoms with van der Waals surface area (Å²) in [6.45, 7) is 27.4. The Bertz CT molecular complexity index is 1320. The highest BCUT2D eigenvalue weighted by molar-refractivity contribution is 6.99. The summed E-state index contributed by atoms with van der Waals surface area (Å²) < 4.78 is 20.3. The molecule has 2 aromatic carbocycles. The molecule has 0 unspecified atom stereocenters. The Morgan fingerprint density at radius 1 is 0.851 bits per heavy atom. The van der Waals surface area contributed by atoms with E-state index in [9.17, 15) is 9.59 Å². The van der Waals surface area contributed by atoms with Gasteiger partial charge in [0, 0.05) is 24.5 Å². The van der Waals surface area contributed by atoms with Crippen LogP contribution in [0.4, 0.5) is 0 Å². The first-order valence-corrected chi connectivity index (χ1v) is 22.2. The van der Waals surface area contributed by atoms with E-state index in [4.69, 9.17) is 13.6 Å². The third-order valence-corrected chi connectivity index (χ3v) is 20.4. The molecule has 0 aromatic heterocycles. The molecule has 260 valence electrons. The molecule has 0 saturated heterocycles. The van der Waals surface area contributed by atoms with Gasteiger partial charge in [-0.15, -0.1) is 0 Å². The summed E-state index contributed by atoms with van der Waals surface area (Å²) in [4.78, 5) is 25.6. The fourth-order valence-electron chi connectivity index (χ4n) is 6.80. The minimum Gasteiger partial charge on any atom is -0.465 e. The largest absolute Gasteiger partial charge is 0.465 e. The molecule has 2 atom stereocenters. The molecule has 0 bridgehead atoms. The van der Waals surface area contributed by atoms with Crippen molar-refractivity contribution in [3.8, 4) is 0 Å². The smallest absolute Gasteiger partial charge is 0.311 e. The summed E-state index contributed by atoms with van der Waals surface area (Å²) in [7, 11) is -4.77. The number of ether oxygens (including phenoxy) is 1. The molecule has 0 saturated carbocycles. The first-order chi connectivity index (χ1) is 21.7. The Labute approximate surface area is 288 Å². The van der Waals surface area contributed by atoms with E-state index in [1.165, 1.54) is 10.4 Å². The SMILES string of the molecule is CC1=C(C=O)CC[C@](CCCO[Si](C)(C)C(C)(C)C)(COC(=O)C(C)(C)C)[C@H]1CO[Si](c1ccccc1)(c1ccccc1)C(C)(C)C. The number of hydrogen-bond donors (Lipinski definition) is 0. The van der Waals surface area contributed by atoms with Gasteiger partial charge in [0.15, 0.2) is 8.32 Å². The van der Waals surface area contributed by atoms with Gasteiger partial charge in [-0.1, -0.05) is 108 Å². The molecule has 0 radical (unpaired) electrons. The average molecular weight is 679 g/mol.